The van der Waals surface area contributed by atoms with Crippen LogP contribution < -0.4 is 0 Å². The smallest absolute Gasteiger partial charge is 0.356 e. The molecule has 41 heavy (non-hydrogen) atoms. The Hall–Kier alpha value is -2.96. The minimum atomic E-state index is -1.96. The van der Waals surface area contributed by atoms with Crippen LogP contribution in [0.2, 0.25) is 18.1 Å². The van der Waals surface area contributed by atoms with Gasteiger partial charge in [0.2, 0.25) is 11.8 Å². The number of likely N-dealkylation sites (N-methyl/N-ethyl adjacent to an activating group) is 1. The molecule has 1 aromatic rings. The minimum absolute atomic E-state index is 0.0516. The van der Waals surface area contributed by atoms with Crippen LogP contribution in [0.5, 0.6) is 0 Å². The van der Waals surface area contributed by atoms with Crippen LogP contribution in [-0.4, -0.2) is 66.1 Å². The van der Waals surface area contributed by atoms with Crippen LogP contribution in [0.4, 0.5) is 5.69 Å². The second-order valence-corrected chi connectivity index (χ2v) is 16.7. The third kappa shape index (κ3) is 5.87. The first-order chi connectivity index (χ1) is 19.5. The lowest BCUT2D eigenvalue weighted by atomic mass is 9.79. The molecule has 0 unspecified atom stereocenters. The summed E-state index contributed by atoms with van der Waals surface area (Å²) in [6, 6.07) is 8.49. The number of nitro benzene ring substituents is 1. The summed E-state index contributed by atoms with van der Waals surface area (Å²) in [4.78, 5) is 54.9. The molecule has 1 saturated heterocycles. The molecule has 1 fully saturated rings. The Morgan fingerprint density at radius 3 is 2.32 bits per heavy atom. The van der Waals surface area contributed by atoms with Gasteiger partial charge in [0, 0.05) is 40.5 Å². The molecular formula is C29H39N3O7SSi. The largest absolute Gasteiger partial charge is 0.456 e. The highest BCUT2D eigenvalue weighted by Gasteiger charge is 2.61. The predicted molar refractivity (Wildman–Crippen MR) is 159 cm³/mol. The van der Waals surface area contributed by atoms with Gasteiger partial charge >= 0.3 is 5.97 Å². The number of carbonyl (C=O) groups excluding carboxylic acids is 3. The van der Waals surface area contributed by atoms with Gasteiger partial charge in [0.05, 0.1) is 29.5 Å². The monoisotopic (exact) mass is 601 g/mol. The van der Waals surface area contributed by atoms with Crippen molar-refractivity contribution in [1.29, 1.82) is 0 Å². The van der Waals surface area contributed by atoms with Gasteiger partial charge in [0.1, 0.15) is 12.3 Å². The van der Waals surface area contributed by atoms with Crippen molar-refractivity contribution in [2.75, 3.05) is 13.1 Å². The van der Waals surface area contributed by atoms with Gasteiger partial charge in [-0.3, -0.25) is 19.7 Å². The van der Waals surface area contributed by atoms with Crippen LogP contribution in [-0.2, 0) is 30.2 Å². The molecule has 12 heteroatoms. The van der Waals surface area contributed by atoms with Gasteiger partial charge in [-0.1, -0.05) is 39.5 Å². The molecule has 0 N–H and O–H groups in total. The number of hydrogen-bond acceptors (Lipinski definition) is 8. The summed E-state index contributed by atoms with van der Waals surface area (Å²) < 4.78 is 12.3. The zero-order valence-corrected chi connectivity index (χ0v) is 26.4. The van der Waals surface area contributed by atoms with Gasteiger partial charge in [-0.25, -0.2) is 4.79 Å². The number of β-lactam (4-membered cyclic amide) rings is 1. The summed E-state index contributed by atoms with van der Waals surface area (Å²) in [6.45, 7) is 13.3. The Labute approximate surface area is 246 Å². The number of rotatable bonds is 13. The van der Waals surface area contributed by atoms with Crippen LogP contribution >= 0.6 is 11.8 Å². The number of esters is 1. The van der Waals surface area contributed by atoms with Crippen molar-refractivity contribution in [3.63, 3.8) is 0 Å². The lowest BCUT2D eigenvalue weighted by Gasteiger charge is -2.49. The highest BCUT2D eigenvalue weighted by atomic mass is 32.2. The van der Waals surface area contributed by atoms with E-state index < -0.39 is 19.2 Å². The summed E-state index contributed by atoms with van der Waals surface area (Å²) in [7, 11) is -1.96. The molecule has 1 aromatic carbocycles. The molecule has 3 heterocycles. The van der Waals surface area contributed by atoms with E-state index in [9.17, 15) is 24.5 Å². The number of nitrogens with zero attached hydrogens (tertiary/aromatic N) is 3. The van der Waals surface area contributed by atoms with Crippen molar-refractivity contribution in [2.24, 2.45) is 11.8 Å². The SMILES string of the molecule is CCN1CC(SC2=C(C(=O)OCc3ccc([N+](=O)[O-])cc3)N3C(=O)[C@H]([C@@H](C)O[Si](CC)(CC)CC)[C@H]3[C@H]2C)=CC1=O. The second-order valence-electron chi connectivity index (χ2n) is 10.9. The Bertz CT molecular complexity index is 1270. The maximum absolute atomic E-state index is 13.7. The minimum Gasteiger partial charge on any atom is -0.456 e. The summed E-state index contributed by atoms with van der Waals surface area (Å²) in [6.07, 6.45) is 1.32. The van der Waals surface area contributed by atoms with Crippen LogP contribution in [0.15, 0.2) is 45.8 Å². The van der Waals surface area contributed by atoms with Gasteiger partial charge in [-0.2, -0.15) is 0 Å². The highest BCUT2D eigenvalue weighted by molar-refractivity contribution is 8.06. The second kappa shape index (κ2) is 12.5. The number of thioether (sulfide) groups is 1. The lowest BCUT2D eigenvalue weighted by Crippen LogP contribution is -2.65. The fourth-order valence-corrected chi connectivity index (χ4v) is 10.2. The number of carbonyl (C=O) groups is 3. The third-order valence-electron chi connectivity index (χ3n) is 8.74. The normalized spacial score (nSPS) is 23.0. The molecule has 0 spiro atoms. The van der Waals surface area contributed by atoms with Crippen molar-refractivity contribution < 1.29 is 28.5 Å². The lowest BCUT2D eigenvalue weighted by molar-refractivity contribution is -0.384. The van der Waals surface area contributed by atoms with Gasteiger partial charge in [-0.05, 0) is 49.7 Å². The first-order valence-electron chi connectivity index (χ1n) is 14.3. The molecule has 0 aromatic heterocycles. The molecule has 4 atom stereocenters. The predicted octanol–water partition coefficient (Wildman–Crippen LogP) is 5.22. The molecular weight excluding hydrogens is 562 g/mol. The fraction of sp³-hybridized carbons (Fsp3) is 0.552. The summed E-state index contributed by atoms with van der Waals surface area (Å²) in [5.74, 6) is -1.36. The van der Waals surface area contributed by atoms with E-state index >= 15 is 0 Å². The molecule has 4 rings (SSSR count). The average molecular weight is 602 g/mol. The van der Waals surface area contributed by atoms with Gasteiger partial charge < -0.3 is 19.0 Å². The first-order valence-corrected chi connectivity index (χ1v) is 17.7. The third-order valence-corrected chi connectivity index (χ3v) is 14.8. The zero-order valence-electron chi connectivity index (χ0n) is 24.5. The number of non-ortho nitro benzene ring substituents is 1. The Balaban J connectivity index is 1.59. The van der Waals surface area contributed by atoms with Crippen molar-refractivity contribution in [3.8, 4) is 0 Å². The summed E-state index contributed by atoms with van der Waals surface area (Å²) in [5, 5.41) is 11.0. The van der Waals surface area contributed by atoms with E-state index in [1.165, 1.54) is 23.9 Å². The van der Waals surface area contributed by atoms with Crippen molar-refractivity contribution in [2.45, 2.75) is 78.4 Å². The Morgan fingerprint density at radius 1 is 1.15 bits per heavy atom. The number of amides is 2. The van der Waals surface area contributed by atoms with E-state index in [0.29, 0.717) is 23.6 Å². The first kappa shape index (κ1) is 31.0. The topological polar surface area (TPSA) is 119 Å². The zero-order chi connectivity index (χ0) is 30.1. The van der Waals surface area contributed by atoms with E-state index in [2.05, 4.69) is 20.8 Å². The molecule has 0 radical (unpaired) electrons. The fourth-order valence-electron chi connectivity index (χ4n) is 6.04. The van der Waals surface area contributed by atoms with Crippen LogP contribution in [0.1, 0.15) is 47.1 Å². The quantitative estimate of drug-likeness (QED) is 0.0993. The molecule has 3 aliphatic rings. The van der Waals surface area contributed by atoms with E-state index in [0.717, 1.165) is 23.0 Å². The van der Waals surface area contributed by atoms with Gasteiger partial charge in [-0.15, -0.1) is 0 Å². The van der Waals surface area contributed by atoms with Crippen LogP contribution in [0, 0.1) is 22.0 Å². The van der Waals surface area contributed by atoms with Gasteiger partial charge in [0.25, 0.3) is 5.69 Å². The Morgan fingerprint density at radius 2 is 1.78 bits per heavy atom. The molecule has 0 aliphatic carbocycles. The maximum atomic E-state index is 13.7. The van der Waals surface area contributed by atoms with E-state index in [1.807, 2.05) is 20.8 Å². The molecule has 222 valence electrons. The molecule has 0 saturated carbocycles. The van der Waals surface area contributed by atoms with Gasteiger partial charge in [0.15, 0.2) is 8.32 Å². The van der Waals surface area contributed by atoms with Crippen LogP contribution in [0.3, 0.4) is 0 Å². The number of benzene rings is 1. The van der Waals surface area contributed by atoms with Crippen molar-refractivity contribution in [1.82, 2.24) is 9.80 Å². The number of ether oxygens (including phenoxy) is 1. The maximum Gasteiger partial charge on any atom is 0.356 e. The van der Waals surface area contributed by atoms with E-state index in [1.54, 1.807) is 28.0 Å². The average Bonchev–Trinajstić information content (AvgIpc) is 3.44. The van der Waals surface area contributed by atoms with Crippen LogP contribution in [0.25, 0.3) is 0 Å². The van der Waals surface area contributed by atoms with E-state index in [4.69, 9.17) is 9.16 Å². The summed E-state index contributed by atoms with van der Waals surface area (Å²) in [5.41, 5.74) is 0.763. The highest BCUT2D eigenvalue weighted by Crippen LogP contribution is 2.53. The number of hydrogen-bond donors (Lipinski definition) is 0. The molecule has 10 nitrogen and oxygen atoms in total. The summed E-state index contributed by atoms with van der Waals surface area (Å²) >= 11 is 1.38. The number of nitro groups is 1. The van der Waals surface area contributed by atoms with E-state index in [-0.39, 0.29) is 53.8 Å². The Kier molecular flexibility index (Phi) is 9.44. The number of fused-ring (bicyclic) bond motifs is 1. The molecule has 2 amide bonds. The van der Waals surface area contributed by atoms with Crippen molar-refractivity contribution >= 4 is 43.6 Å². The molecule has 0 bridgehead atoms. The van der Waals surface area contributed by atoms with Crippen molar-refractivity contribution in [3.05, 3.63) is 61.5 Å². The standard InChI is InChI=1S/C29H39N3O7SSi/c1-7-30-16-22(15-23(30)33)40-27-18(5)25-24(19(6)39-41(8-2,9-3)10-4)28(34)31(25)26(27)29(35)38-17-20-11-13-21(14-12-20)32(36)37/h11-15,18-19,24-25H,7-10,16-17H2,1-6H3/t18-,19-,24-,25-/m1/s1. The molecule has 3 aliphatic heterocycles.